The second-order valence-electron chi connectivity index (χ2n) is 4.76. The van der Waals surface area contributed by atoms with Crippen molar-refractivity contribution >= 4 is 40.1 Å². The summed E-state index contributed by atoms with van der Waals surface area (Å²) in [6.45, 7) is 0. The minimum atomic E-state index is 0.771. The van der Waals surface area contributed by atoms with Gasteiger partial charge in [-0.3, -0.25) is 0 Å². The number of hydrogen-bond acceptors (Lipinski definition) is 5. The molecule has 0 fully saturated rings. The zero-order chi connectivity index (χ0) is 13.5. The van der Waals surface area contributed by atoms with Gasteiger partial charge in [0.25, 0.3) is 0 Å². The summed E-state index contributed by atoms with van der Waals surface area (Å²) in [6, 6.07) is 6.26. The fourth-order valence-corrected chi connectivity index (χ4v) is 4.73. The van der Waals surface area contributed by atoms with Crippen molar-refractivity contribution in [2.75, 3.05) is 18.1 Å². The van der Waals surface area contributed by atoms with Crippen molar-refractivity contribution in [2.24, 2.45) is 0 Å². The van der Waals surface area contributed by atoms with Crippen molar-refractivity contribution in [2.45, 2.75) is 12.2 Å². The molecule has 102 valence electrons. The molecular formula is C14H14N4S2. The lowest BCUT2D eigenvalue weighted by Gasteiger charge is -2.08. The van der Waals surface area contributed by atoms with Crippen LogP contribution in [0.3, 0.4) is 0 Å². The first-order valence-electron chi connectivity index (χ1n) is 6.58. The van der Waals surface area contributed by atoms with Crippen molar-refractivity contribution in [3.05, 3.63) is 28.6 Å². The van der Waals surface area contributed by atoms with Crippen LogP contribution >= 0.6 is 23.1 Å². The van der Waals surface area contributed by atoms with Crippen molar-refractivity contribution in [3.8, 4) is 10.7 Å². The first kappa shape index (κ1) is 12.2. The van der Waals surface area contributed by atoms with E-state index in [1.165, 1.54) is 27.5 Å². The molecule has 4 heterocycles. The van der Waals surface area contributed by atoms with E-state index in [2.05, 4.69) is 26.3 Å². The summed E-state index contributed by atoms with van der Waals surface area (Å²) in [7, 11) is 1.87. The van der Waals surface area contributed by atoms with E-state index in [0.29, 0.717) is 0 Å². The topological polar surface area (TPSA) is 53.6 Å². The molecule has 0 unspecified atom stereocenters. The van der Waals surface area contributed by atoms with Gasteiger partial charge in [-0.2, -0.15) is 11.8 Å². The normalized spacial score (nSPS) is 14.4. The van der Waals surface area contributed by atoms with Crippen LogP contribution in [-0.2, 0) is 12.2 Å². The summed E-state index contributed by atoms with van der Waals surface area (Å²) >= 11 is 3.87. The van der Waals surface area contributed by atoms with Gasteiger partial charge in [0, 0.05) is 17.7 Å². The minimum absolute atomic E-state index is 0.771. The zero-order valence-corrected chi connectivity index (χ0v) is 12.7. The molecule has 3 aromatic heterocycles. The lowest BCUT2D eigenvalue weighted by molar-refractivity contribution is 1.13. The van der Waals surface area contributed by atoms with Crippen LogP contribution in [-0.4, -0.2) is 27.8 Å². The van der Waals surface area contributed by atoms with Gasteiger partial charge in [-0.05, 0) is 35.9 Å². The molecule has 4 nitrogen and oxygen atoms in total. The Bertz CT molecular complexity index is 751. The molecule has 0 atom stereocenters. The molecule has 0 radical (unpaired) electrons. The number of aromatic amines is 1. The fourth-order valence-electron chi connectivity index (χ4n) is 2.41. The van der Waals surface area contributed by atoms with Crippen LogP contribution in [0.4, 0.5) is 5.82 Å². The summed E-state index contributed by atoms with van der Waals surface area (Å²) in [5.41, 5.74) is 3.23. The lowest BCUT2D eigenvalue weighted by Crippen LogP contribution is -1.96. The number of aryl methyl sites for hydroxylation is 1. The van der Waals surface area contributed by atoms with E-state index in [-0.39, 0.29) is 0 Å². The van der Waals surface area contributed by atoms with E-state index >= 15 is 0 Å². The van der Waals surface area contributed by atoms with Crippen LogP contribution < -0.4 is 5.32 Å². The molecule has 4 rings (SSSR count). The van der Waals surface area contributed by atoms with Gasteiger partial charge in [0.2, 0.25) is 0 Å². The Kier molecular flexibility index (Phi) is 2.93. The zero-order valence-electron chi connectivity index (χ0n) is 11.1. The van der Waals surface area contributed by atoms with Gasteiger partial charge in [0.05, 0.1) is 10.4 Å². The molecule has 0 amide bonds. The number of hydrogen-bond donors (Lipinski definition) is 2. The number of anilines is 1. The summed E-state index contributed by atoms with van der Waals surface area (Å²) in [5, 5.41) is 3.04. The van der Waals surface area contributed by atoms with Crippen molar-refractivity contribution in [1.82, 2.24) is 15.0 Å². The van der Waals surface area contributed by atoms with Crippen LogP contribution in [0.2, 0.25) is 0 Å². The van der Waals surface area contributed by atoms with E-state index < -0.39 is 0 Å². The number of imidazole rings is 1. The largest absolute Gasteiger partial charge is 0.373 e. The first-order chi connectivity index (χ1) is 9.83. The van der Waals surface area contributed by atoms with Crippen LogP contribution in [0.1, 0.15) is 10.4 Å². The summed E-state index contributed by atoms with van der Waals surface area (Å²) in [6.07, 6.45) is 1.19. The molecular weight excluding hydrogens is 288 g/mol. The predicted octanol–water partition coefficient (Wildman–Crippen LogP) is 3.52. The highest BCUT2D eigenvalue weighted by Crippen LogP contribution is 2.36. The van der Waals surface area contributed by atoms with Gasteiger partial charge in [0.1, 0.15) is 5.82 Å². The summed E-state index contributed by atoms with van der Waals surface area (Å²) in [5.74, 6) is 4.15. The maximum Gasteiger partial charge on any atom is 0.180 e. The number of aromatic nitrogens is 3. The third-order valence-electron chi connectivity index (χ3n) is 3.46. The Hall–Kier alpha value is -1.53. The molecule has 1 aliphatic heterocycles. The van der Waals surface area contributed by atoms with Crippen molar-refractivity contribution < 1.29 is 0 Å². The van der Waals surface area contributed by atoms with Crippen LogP contribution in [0.5, 0.6) is 0 Å². The number of nitrogens with one attached hydrogen (secondary N) is 2. The number of fused-ring (bicyclic) bond motifs is 2. The van der Waals surface area contributed by atoms with Gasteiger partial charge < -0.3 is 10.3 Å². The molecule has 3 aromatic rings. The SMILES string of the molecule is CNc1ccc2[nH]c(-c3cc4c(s3)CCSC4)nc2n1. The average molecular weight is 302 g/mol. The molecule has 20 heavy (non-hydrogen) atoms. The van der Waals surface area contributed by atoms with Crippen molar-refractivity contribution in [3.63, 3.8) is 0 Å². The highest BCUT2D eigenvalue weighted by molar-refractivity contribution is 7.98. The molecule has 6 heteroatoms. The van der Waals surface area contributed by atoms with Gasteiger partial charge in [-0.15, -0.1) is 11.3 Å². The van der Waals surface area contributed by atoms with E-state index in [1.54, 1.807) is 0 Å². The fraction of sp³-hybridized carbons (Fsp3) is 0.286. The Labute approximate surface area is 125 Å². The maximum atomic E-state index is 4.63. The van der Waals surface area contributed by atoms with E-state index in [9.17, 15) is 0 Å². The maximum absolute atomic E-state index is 4.63. The van der Waals surface area contributed by atoms with Gasteiger partial charge in [-0.25, -0.2) is 9.97 Å². The van der Waals surface area contributed by atoms with E-state index in [4.69, 9.17) is 0 Å². The Morgan fingerprint density at radius 1 is 1.30 bits per heavy atom. The molecule has 0 aliphatic carbocycles. The van der Waals surface area contributed by atoms with Crippen LogP contribution in [0.15, 0.2) is 18.2 Å². The van der Waals surface area contributed by atoms with Crippen LogP contribution in [0, 0.1) is 0 Å². The number of pyridine rings is 1. The second kappa shape index (κ2) is 4.79. The van der Waals surface area contributed by atoms with Crippen molar-refractivity contribution in [1.29, 1.82) is 0 Å². The molecule has 0 saturated carbocycles. The lowest BCUT2D eigenvalue weighted by atomic mass is 10.2. The van der Waals surface area contributed by atoms with Crippen LogP contribution in [0.25, 0.3) is 21.9 Å². The van der Waals surface area contributed by atoms with E-state index in [1.807, 2.05) is 42.3 Å². The predicted molar refractivity (Wildman–Crippen MR) is 86.6 cm³/mol. The number of rotatable bonds is 2. The molecule has 0 saturated heterocycles. The number of thioether (sulfide) groups is 1. The molecule has 0 bridgehead atoms. The molecule has 2 N–H and O–H groups in total. The molecule has 0 spiro atoms. The number of nitrogens with zero attached hydrogens (tertiary/aromatic N) is 2. The molecule has 0 aromatic carbocycles. The highest BCUT2D eigenvalue weighted by atomic mass is 32.2. The highest BCUT2D eigenvalue weighted by Gasteiger charge is 2.16. The second-order valence-corrected chi connectivity index (χ2v) is 7.01. The first-order valence-corrected chi connectivity index (χ1v) is 8.55. The quantitative estimate of drug-likeness (QED) is 0.760. The summed E-state index contributed by atoms with van der Waals surface area (Å²) in [4.78, 5) is 15.2. The number of H-pyrrole nitrogens is 1. The monoisotopic (exact) mass is 302 g/mol. The smallest absolute Gasteiger partial charge is 0.180 e. The Morgan fingerprint density at radius 2 is 2.25 bits per heavy atom. The standard InChI is InChI=1S/C14H14N4S2/c1-15-12-3-2-9-13(17-12)18-14(16-9)11-6-8-7-19-5-4-10(8)20-11/h2-3,6H,4-5,7H2,1H3,(H2,15,16,17,18). The van der Waals surface area contributed by atoms with E-state index in [0.717, 1.165) is 28.6 Å². The molecule has 1 aliphatic rings. The summed E-state index contributed by atoms with van der Waals surface area (Å²) < 4.78 is 0. The van der Waals surface area contributed by atoms with Gasteiger partial charge in [-0.1, -0.05) is 0 Å². The van der Waals surface area contributed by atoms with Gasteiger partial charge >= 0.3 is 0 Å². The third kappa shape index (κ3) is 1.99. The number of thiophene rings is 1. The third-order valence-corrected chi connectivity index (χ3v) is 5.71. The average Bonchev–Trinajstić information content (AvgIpc) is 3.09. The van der Waals surface area contributed by atoms with Gasteiger partial charge in [0.15, 0.2) is 11.5 Å². The Balaban J connectivity index is 1.79. The minimum Gasteiger partial charge on any atom is -0.373 e. The Morgan fingerprint density at radius 3 is 3.10 bits per heavy atom.